The van der Waals surface area contributed by atoms with Gasteiger partial charge < -0.3 is 14.5 Å². The van der Waals surface area contributed by atoms with Crippen molar-refractivity contribution in [2.24, 2.45) is 0 Å². The molecule has 18 heavy (non-hydrogen) atoms. The highest BCUT2D eigenvalue weighted by molar-refractivity contribution is 5.47. The van der Waals surface area contributed by atoms with E-state index in [-0.39, 0.29) is 6.04 Å². The number of hydrogen-bond acceptors (Lipinski definition) is 3. The Labute approximate surface area is 107 Å². The van der Waals surface area contributed by atoms with E-state index in [9.17, 15) is 0 Å². The molecule has 1 unspecified atom stereocenters. The van der Waals surface area contributed by atoms with Crippen molar-refractivity contribution >= 4 is 0 Å². The molecule has 2 heterocycles. The highest BCUT2D eigenvalue weighted by Crippen LogP contribution is 2.36. The van der Waals surface area contributed by atoms with Gasteiger partial charge in [-0.15, -0.1) is 0 Å². The predicted molar refractivity (Wildman–Crippen MR) is 70.0 cm³/mol. The molecule has 0 aliphatic carbocycles. The lowest BCUT2D eigenvalue weighted by atomic mass is 10.0. The van der Waals surface area contributed by atoms with Gasteiger partial charge in [0.1, 0.15) is 17.3 Å². The zero-order valence-electron chi connectivity index (χ0n) is 10.7. The molecule has 0 saturated heterocycles. The third-order valence-corrected chi connectivity index (χ3v) is 3.39. The molecule has 2 aromatic rings. The molecule has 0 saturated carbocycles. The van der Waals surface area contributed by atoms with Crippen LogP contribution in [0.15, 0.2) is 34.7 Å². The van der Waals surface area contributed by atoms with E-state index in [0.717, 1.165) is 35.9 Å². The van der Waals surface area contributed by atoms with Crippen molar-refractivity contribution in [3.05, 3.63) is 53.0 Å². The summed E-state index contributed by atoms with van der Waals surface area (Å²) in [7, 11) is 1.94. The highest BCUT2D eigenvalue weighted by atomic mass is 16.5. The largest absolute Gasteiger partial charge is 0.493 e. The van der Waals surface area contributed by atoms with Crippen LogP contribution >= 0.6 is 0 Å². The van der Waals surface area contributed by atoms with E-state index in [1.54, 1.807) is 0 Å². The molecule has 0 spiro atoms. The van der Waals surface area contributed by atoms with E-state index in [1.807, 2.05) is 26.1 Å². The molecular weight excluding hydrogens is 226 g/mol. The third kappa shape index (κ3) is 1.81. The van der Waals surface area contributed by atoms with E-state index >= 15 is 0 Å². The normalized spacial score (nSPS) is 15.2. The highest BCUT2D eigenvalue weighted by Gasteiger charge is 2.24. The predicted octanol–water partition coefficient (Wildman–Crippen LogP) is 2.83. The van der Waals surface area contributed by atoms with Crippen LogP contribution < -0.4 is 10.1 Å². The minimum absolute atomic E-state index is 0.0479. The molecule has 0 fully saturated rings. The molecule has 1 aliphatic heterocycles. The molecule has 0 amide bonds. The number of rotatable bonds is 3. The smallest absolute Gasteiger partial charge is 0.127 e. The van der Waals surface area contributed by atoms with E-state index in [0.29, 0.717) is 0 Å². The number of benzene rings is 1. The zero-order valence-corrected chi connectivity index (χ0v) is 10.7. The summed E-state index contributed by atoms with van der Waals surface area (Å²) < 4.78 is 11.5. The first kappa shape index (κ1) is 11.4. The van der Waals surface area contributed by atoms with Crippen molar-refractivity contribution in [2.75, 3.05) is 13.7 Å². The van der Waals surface area contributed by atoms with E-state index in [1.165, 1.54) is 5.56 Å². The van der Waals surface area contributed by atoms with Gasteiger partial charge in [0.2, 0.25) is 0 Å². The second kappa shape index (κ2) is 4.50. The summed E-state index contributed by atoms with van der Waals surface area (Å²) in [6.45, 7) is 2.74. The fourth-order valence-electron chi connectivity index (χ4n) is 2.53. The Morgan fingerprint density at radius 2 is 2.11 bits per heavy atom. The number of fused-ring (bicyclic) bond motifs is 1. The monoisotopic (exact) mass is 243 g/mol. The average molecular weight is 243 g/mol. The van der Waals surface area contributed by atoms with E-state index in [2.05, 4.69) is 23.5 Å². The van der Waals surface area contributed by atoms with Crippen LogP contribution in [0.4, 0.5) is 0 Å². The van der Waals surface area contributed by atoms with Crippen molar-refractivity contribution in [1.82, 2.24) is 5.32 Å². The van der Waals surface area contributed by atoms with Crippen LogP contribution in [-0.2, 0) is 6.42 Å². The molecule has 3 nitrogen and oxygen atoms in total. The molecular formula is C15H17NO2. The maximum atomic E-state index is 5.76. The second-order valence-corrected chi connectivity index (χ2v) is 4.60. The minimum Gasteiger partial charge on any atom is -0.493 e. The molecule has 1 N–H and O–H groups in total. The quantitative estimate of drug-likeness (QED) is 0.900. The van der Waals surface area contributed by atoms with Crippen LogP contribution in [0.3, 0.4) is 0 Å². The summed E-state index contributed by atoms with van der Waals surface area (Å²) >= 11 is 0. The van der Waals surface area contributed by atoms with E-state index in [4.69, 9.17) is 9.15 Å². The molecule has 1 aliphatic rings. The molecule has 1 atom stereocenters. The van der Waals surface area contributed by atoms with Gasteiger partial charge in [0.15, 0.2) is 0 Å². The molecule has 1 aromatic heterocycles. The fraction of sp³-hybridized carbons (Fsp3) is 0.333. The summed E-state index contributed by atoms with van der Waals surface area (Å²) in [5.41, 5.74) is 2.44. The lowest BCUT2D eigenvalue weighted by Gasteiger charge is -2.17. The lowest BCUT2D eigenvalue weighted by molar-refractivity contribution is 0.347. The summed E-state index contributed by atoms with van der Waals surface area (Å²) in [4.78, 5) is 0. The number of furan rings is 1. The van der Waals surface area contributed by atoms with Gasteiger partial charge >= 0.3 is 0 Å². The Morgan fingerprint density at radius 1 is 1.22 bits per heavy atom. The van der Waals surface area contributed by atoms with Crippen molar-refractivity contribution in [3.63, 3.8) is 0 Å². The van der Waals surface area contributed by atoms with Crippen molar-refractivity contribution in [3.8, 4) is 5.75 Å². The first-order valence-corrected chi connectivity index (χ1v) is 6.28. The Balaban J connectivity index is 2.05. The standard InChI is InChI=1S/C15H17NO2/c1-10-6-7-13(18-10)14(16-2)12-5-3-4-11-8-9-17-15(11)12/h3-7,14,16H,8-9H2,1-2H3. The molecule has 94 valence electrons. The van der Waals surface area contributed by atoms with Crippen LogP contribution in [-0.4, -0.2) is 13.7 Å². The fourth-order valence-corrected chi connectivity index (χ4v) is 2.53. The van der Waals surface area contributed by atoms with Gasteiger partial charge in [0.25, 0.3) is 0 Å². The van der Waals surface area contributed by atoms with Crippen LogP contribution in [0.1, 0.15) is 28.7 Å². The molecule has 0 bridgehead atoms. The van der Waals surface area contributed by atoms with Gasteiger partial charge in [-0.2, -0.15) is 0 Å². The van der Waals surface area contributed by atoms with Gasteiger partial charge in [0.05, 0.1) is 12.6 Å². The summed E-state index contributed by atoms with van der Waals surface area (Å²) in [6.07, 6.45) is 0.997. The van der Waals surface area contributed by atoms with Gasteiger partial charge in [-0.05, 0) is 31.7 Å². The summed E-state index contributed by atoms with van der Waals surface area (Å²) in [5, 5.41) is 3.30. The molecule has 0 radical (unpaired) electrons. The zero-order chi connectivity index (χ0) is 12.5. The summed E-state index contributed by atoms with van der Waals surface area (Å²) in [6, 6.07) is 10.4. The average Bonchev–Trinajstić information content (AvgIpc) is 2.99. The van der Waals surface area contributed by atoms with Crippen LogP contribution in [0.2, 0.25) is 0 Å². The van der Waals surface area contributed by atoms with Crippen molar-refractivity contribution < 1.29 is 9.15 Å². The van der Waals surface area contributed by atoms with Crippen LogP contribution in [0, 0.1) is 6.92 Å². The number of aryl methyl sites for hydroxylation is 1. The molecule has 3 rings (SSSR count). The van der Waals surface area contributed by atoms with Gasteiger partial charge in [-0.1, -0.05) is 18.2 Å². The first-order chi connectivity index (χ1) is 8.79. The van der Waals surface area contributed by atoms with Gasteiger partial charge in [0, 0.05) is 12.0 Å². The Hall–Kier alpha value is -1.74. The van der Waals surface area contributed by atoms with Gasteiger partial charge in [-0.25, -0.2) is 0 Å². The van der Waals surface area contributed by atoms with Crippen molar-refractivity contribution in [2.45, 2.75) is 19.4 Å². The lowest BCUT2D eigenvalue weighted by Crippen LogP contribution is -2.17. The van der Waals surface area contributed by atoms with Crippen LogP contribution in [0.5, 0.6) is 5.75 Å². The van der Waals surface area contributed by atoms with E-state index < -0.39 is 0 Å². The maximum Gasteiger partial charge on any atom is 0.127 e. The summed E-state index contributed by atoms with van der Waals surface area (Å²) in [5.74, 6) is 2.88. The number of nitrogens with one attached hydrogen (secondary N) is 1. The van der Waals surface area contributed by atoms with Gasteiger partial charge in [-0.3, -0.25) is 0 Å². The Morgan fingerprint density at radius 3 is 2.83 bits per heavy atom. The molecule has 3 heteroatoms. The number of para-hydroxylation sites is 1. The van der Waals surface area contributed by atoms with Crippen molar-refractivity contribution in [1.29, 1.82) is 0 Å². The first-order valence-electron chi connectivity index (χ1n) is 6.28. The SMILES string of the molecule is CNC(c1ccc(C)o1)c1cccc2c1OCC2. The minimum atomic E-state index is 0.0479. The number of ether oxygens (including phenoxy) is 1. The number of hydrogen-bond donors (Lipinski definition) is 1. The Bertz CT molecular complexity index is 559. The topological polar surface area (TPSA) is 34.4 Å². The third-order valence-electron chi connectivity index (χ3n) is 3.39. The van der Waals surface area contributed by atoms with Crippen LogP contribution in [0.25, 0.3) is 0 Å². The Kier molecular flexibility index (Phi) is 2.84. The maximum absolute atomic E-state index is 5.76. The molecule has 1 aromatic carbocycles. The second-order valence-electron chi connectivity index (χ2n) is 4.60.